The van der Waals surface area contributed by atoms with Crippen molar-refractivity contribution in [3.05, 3.63) is 53.8 Å². The molecule has 108 valence electrons. The summed E-state index contributed by atoms with van der Waals surface area (Å²) in [5, 5.41) is 5.97. The number of para-hydroxylation sites is 2. The predicted molar refractivity (Wildman–Crippen MR) is 82.2 cm³/mol. The number of carbonyl (C=O) groups is 1. The zero-order chi connectivity index (χ0) is 15.0. The Balaban J connectivity index is 1.96. The first kappa shape index (κ1) is 13.4. The van der Waals surface area contributed by atoms with Crippen molar-refractivity contribution < 1.29 is 9.18 Å². The molecule has 0 radical (unpaired) electrons. The summed E-state index contributed by atoms with van der Waals surface area (Å²) in [5.74, 6) is -0.526. The van der Waals surface area contributed by atoms with Crippen LogP contribution in [-0.4, -0.2) is 20.0 Å². The van der Waals surface area contributed by atoms with E-state index in [1.54, 1.807) is 6.07 Å². The van der Waals surface area contributed by atoms with Crippen LogP contribution in [0.5, 0.6) is 0 Å². The molecule has 1 atom stereocenters. The molecule has 4 nitrogen and oxygen atoms in total. The van der Waals surface area contributed by atoms with Crippen molar-refractivity contribution in [2.24, 2.45) is 0 Å². The van der Waals surface area contributed by atoms with Gasteiger partial charge in [-0.25, -0.2) is 4.39 Å². The van der Waals surface area contributed by atoms with Crippen molar-refractivity contribution in [2.45, 2.75) is 6.04 Å². The smallest absolute Gasteiger partial charge is 0.251 e. The van der Waals surface area contributed by atoms with E-state index in [1.807, 2.05) is 43.3 Å². The molecule has 0 fully saturated rings. The van der Waals surface area contributed by atoms with Crippen LogP contribution < -0.4 is 15.5 Å². The van der Waals surface area contributed by atoms with E-state index in [0.29, 0.717) is 11.3 Å². The first-order valence-corrected chi connectivity index (χ1v) is 6.69. The molecule has 0 spiro atoms. The van der Waals surface area contributed by atoms with Gasteiger partial charge >= 0.3 is 0 Å². The average Bonchev–Trinajstić information content (AvgIpc) is 2.75. The Labute approximate surface area is 122 Å². The molecule has 0 saturated carbocycles. The molecule has 5 heteroatoms. The summed E-state index contributed by atoms with van der Waals surface area (Å²) >= 11 is 0. The van der Waals surface area contributed by atoms with E-state index in [4.69, 9.17) is 0 Å². The Bertz CT molecular complexity index is 700. The van der Waals surface area contributed by atoms with E-state index in [9.17, 15) is 9.18 Å². The zero-order valence-electron chi connectivity index (χ0n) is 11.9. The van der Waals surface area contributed by atoms with Gasteiger partial charge in [0, 0.05) is 25.3 Å². The molecule has 1 aliphatic heterocycles. The normalized spacial score (nSPS) is 16.3. The number of carbonyl (C=O) groups excluding carboxylic acids is 1. The van der Waals surface area contributed by atoms with E-state index in [2.05, 4.69) is 10.6 Å². The van der Waals surface area contributed by atoms with Crippen LogP contribution in [0.4, 0.5) is 21.5 Å². The molecule has 0 aliphatic carbocycles. The van der Waals surface area contributed by atoms with Gasteiger partial charge in [-0.05, 0) is 30.3 Å². The summed E-state index contributed by atoms with van der Waals surface area (Å²) in [5.41, 5.74) is 3.09. The van der Waals surface area contributed by atoms with Gasteiger partial charge in [0.05, 0.1) is 11.4 Å². The van der Waals surface area contributed by atoms with Gasteiger partial charge < -0.3 is 15.5 Å². The number of rotatable bonds is 3. The Morgan fingerprint density at radius 3 is 2.71 bits per heavy atom. The molecule has 1 amide bonds. The highest BCUT2D eigenvalue weighted by atomic mass is 19.1. The lowest BCUT2D eigenvalue weighted by molar-refractivity contribution is -0.116. The maximum Gasteiger partial charge on any atom is 0.251 e. The molecule has 1 unspecified atom stereocenters. The minimum atomic E-state index is -0.586. The van der Waals surface area contributed by atoms with E-state index in [0.717, 1.165) is 11.4 Å². The minimum absolute atomic E-state index is 0.177. The number of halogens is 1. The highest BCUT2D eigenvalue weighted by Crippen LogP contribution is 2.35. The fraction of sp³-hybridized carbons (Fsp3) is 0.188. The first-order valence-electron chi connectivity index (χ1n) is 6.69. The van der Waals surface area contributed by atoms with Gasteiger partial charge in [-0.1, -0.05) is 12.1 Å². The molecule has 0 aromatic heterocycles. The number of nitrogens with zero attached hydrogens (tertiary/aromatic N) is 1. The Morgan fingerprint density at radius 1 is 1.19 bits per heavy atom. The number of fused-ring (bicyclic) bond motifs is 1. The van der Waals surface area contributed by atoms with Gasteiger partial charge in [-0.3, -0.25) is 4.79 Å². The number of nitrogens with one attached hydrogen (secondary N) is 2. The van der Waals surface area contributed by atoms with Gasteiger partial charge in [-0.2, -0.15) is 0 Å². The van der Waals surface area contributed by atoms with Crippen LogP contribution in [0.25, 0.3) is 0 Å². The SMILES string of the molecule is CN(C)c1ccccc1NC1C(=O)Nc2ccc(F)cc21. The summed E-state index contributed by atoms with van der Waals surface area (Å²) in [7, 11) is 3.87. The highest BCUT2D eigenvalue weighted by Gasteiger charge is 2.31. The van der Waals surface area contributed by atoms with Crippen LogP contribution in [-0.2, 0) is 4.79 Å². The van der Waals surface area contributed by atoms with Gasteiger partial charge in [0.25, 0.3) is 5.91 Å². The van der Waals surface area contributed by atoms with Crippen molar-refractivity contribution in [3.8, 4) is 0 Å². The van der Waals surface area contributed by atoms with Crippen LogP contribution in [0.1, 0.15) is 11.6 Å². The number of hydrogen-bond acceptors (Lipinski definition) is 3. The quantitative estimate of drug-likeness (QED) is 0.911. The molecule has 1 heterocycles. The molecule has 3 rings (SSSR count). The lowest BCUT2D eigenvalue weighted by Crippen LogP contribution is -2.21. The molecule has 2 N–H and O–H groups in total. The van der Waals surface area contributed by atoms with E-state index < -0.39 is 6.04 Å². The maximum atomic E-state index is 13.4. The third-order valence-electron chi connectivity index (χ3n) is 3.53. The summed E-state index contributed by atoms with van der Waals surface area (Å²) in [4.78, 5) is 14.1. The molecule has 0 bridgehead atoms. The molecule has 2 aromatic rings. The highest BCUT2D eigenvalue weighted by molar-refractivity contribution is 6.04. The van der Waals surface area contributed by atoms with Gasteiger partial charge in [-0.15, -0.1) is 0 Å². The fourth-order valence-corrected chi connectivity index (χ4v) is 2.52. The van der Waals surface area contributed by atoms with Gasteiger partial charge in [0.15, 0.2) is 0 Å². The van der Waals surface area contributed by atoms with E-state index >= 15 is 0 Å². The van der Waals surface area contributed by atoms with Crippen molar-refractivity contribution in [1.82, 2.24) is 0 Å². The van der Waals surface area contributed by atoms with Gasteiger partial charge in [0.2, 0.25) is 0 Å². The first-order chi connectivity index (χ1) is 10.1. The molecular weight excluding hydrogens is 269 g/mol. The molecule has 2 aromatic carbocycles. The van der Waals surface area contributed by atoms with E-state index in [-0.39, 0.29) is 11.7 Å². The van der Waals surface area contributed by atoms with Crippen LogP contribution in [0.2, 0.25) is 0 Å². The second kappa shape index (κ2) is 5.09. The maximum absolute atomic E-state index is 13.4. The summed E-state index contributed by atoms with van der Waals surface area (Å²) in [6, 6.07) is 11.4. The van der Waals surface area contributed by atoms with Crippen LogP contribution in [0, 0.1) is 5.82 Å². The topological polar surface area (TPSA) is 44.4 Å². The van der Waals surface area contributed by atoms with E-state index in [1.165, 1.54) is 12.1 Å². The van der Waals surface area contributed by atoms with Crippen molar-refractivity contribution in [1.29, 1.82) is 0 Å². The number of hydrogen-bond donors (Lipinski definition) is 2. The number of benzene rings is 2. The molecular formula is C16H16FN3O. The average molecular weight is 285 g/mol. The molecule has 21 heavy (non-hydrogen) atoms. The Kier molecular flexibility index (Phi) is 3.25. The minimum Gasteiger partial charge on any atom is -0.376 e. The zero-order valence-corrected chi connectivity index (χ0v) is 11.9. The van der Waals surface area contributed by atoms with Crippen LogP contribution in [0.15, 0.2) is 42.5 Å². The summed E-state index contributed by atoms with van der Waals surface area (Å²) < 4.78 is 13.4. The third-order valence-corrected chi connectivity index (χ3v) is 3.53. The van der Waals surface area contributed by atoms with Crippen LogP contribution >= 0.6 is 0 Å². The molecule has 0 saturated heterocycles. The lowest BCUT2D eigenvalue weighted by Gasteiger charge is -2.21. The van der Waals surface area contributed by atoms with Crippen molar-refractivity contribution in [3.63, 3.8) is 0 Å². The summed E-state index contributed by atoms with van der Waals surface area (Å²) in [6.45, 7) is 0. The fourth-order valence-electron chi connectivity index (χ4n) is 2.52. The Hall–Kier alpha value is -2.56. The second-order valence-corrected chi connectivity index (χ2v) is 5.21. The number of anilines is 3. The lowest BCUT2D eigenvalue weighted by atomic mass is 10.1. The molecule has 1 aliphatic rings. The Morgan fingerprint density at radius 2 is 1.95 bits per heavy atom. The van der Waals surface area contributed by atoms with Gasteiger partial charge in [0.1, 0.15) is 11.9 Å². The van der Waals surface area contributed by atoms with Crippen molar-refractivity contribution in [2.75, 3.05) is 29.6 Å². The largest absolute Gasteiger partial charge is 0.376 e. The number of amides is 1. The second-order valence-electron chi connectivity index (χ2n) is 5.21. The summed E-state index contributed by atoms with van der Waals surface area (Å²) in [6.07, 6.45) is 0. The van der Waals surface area contributed by atoms with Crippen LogP contribution in [0.3, 0.4) is 0 Å². The predicted octanol–water partition coefficient (Wildman–Crippen LogP) is 3.00. The third kappa shape index (κ3) is 2.42. The van der Waals surface area contributed by atoms with Crippen molar-refractivity contribution >= 4 is 23.0 Å². The monoisotopic (exact) mass is 285 g/mol. The standard InChI is InChI=1S/C16H16FN3O/c1-20(2)14-6-4-3-5-13(14)18-15-11-9-10(17)7-8-12(11)19-16(15)21/h3-9,15,18H,1-2H3,(H,19,21).